The second kappa shape index (κ2) is 8.32. The number of hydrogen-bond acceptors (Lipinski definition) is 6. The summed E-state index contributed by atoms with van der Waals surface area (Å²) in [6.07, 6.45) is 3.25. The molecule has 10 heteroatoms. The van der Waals surface area contributed by atoms with Gasteiger partial charge in [0.25, 0.3) is 5.69 Å². The maximum absolute atomic E-state index is 12.9. The summed E-state index contributed by atoms with van der Waals surface area (Å²) < 4.78 is 27.2. The number of carbonyl (C=O) groups excluding carboxylic acids is 1. The quantitative estimate of drug-likeness (QED) is 0.543. The maximum atomic E-state index is 12.9. The fraction of sp³-hybridized carbons (Fsp3) is 0.588. The van der Waals surface area contributed by atoms with Gasteiger partial charge in [-0.15, -0.1) is 0 Å². The van der Waals surface area contributed by atoms with Crippen LogP contribution >= 0.6 is 0 Å². The lowest BCUT2D eigenvalue weighted by Gasteiger charge is -2.32. The van der Waals surface area contributed by atoms with Crippen molar-refractivity contribution in [3.8, 4) is 0 Å². The molecule has 27 heavy (non-hydrogen) atoms. The Bertz CT molecular complexity index is 807. The lowest BCUT2D eigenvalue weighted by atomic mass is 9.99. The molecule has 2 atom stereocenters. The van der Waals surface area contributed by atoms with Gasteiger partial charge in [0.1, 0.15) is 0 Å². The van der Waals surface area contributed by atoms with Crippen molar-refractivity contribution in [2.75, 3.05) is 26.2 Å². The average Bonchev–Trinajstić information content (AvgIpc) is 3.21. The van der Waals surface area contributed by atoms with E-state index in [1.807, 2.05) is 0 Å². The van der Waals surface area contributed by atoms with Crippen molar-refractivity contribution >= 4 is 21.6 Å². The molecule has 0 aliphatic carbocycles. The highest BCUT2D eigenvalue weighted by atomic mass is 32.2. The number of nitrogens with one attached hydrogen (secondary N) is 2. The van der Waals surface area contributed by atoms with Crippen molar-refractivity contribution in [3.05, 3.63) is 34.4 Å². The molecule has 1 aromatic carbocycles. The first-order valence-corrected chi connectivity index (χ1v) is 10.6. The average molecular weight is 396 g/mol. The Morgan fingerprint density at radius 3 is 2.78 bits per heavy atom. The van der Waals surface area contributed by atoms with E-state index in [-0.39, 0.29) is 29.3 Å². The summed E-state index contributed by atoms with van der Waals surface area (Å²) in [5.74, 6) is -0.0622. The third kappa shape index (κ3) is 4.45. The number of piperidine rings is 1. The minimum absolute atomic E-state index is 0.0124. The van der Waals surface area contributed by atoms with Crippen LogP contribution in [0.3, 0.4) is 0 Å². The third-order valence-corrected chi connectivity index (χ3v) is 7.02. The van der Waals surface area contributed by atoms with E-state index >= 15 is 0 Å². The Labute approximate surface area is 158 Å². The summed E-state index contributed by atoms with van der Waals surface area (Å²) in [6.45, 7) is 1.80. The topological polar surface area (TPSA) is 122 Å². The lowest BCUT2D eigenvalue weighted by molar-refractivity contribution is -0.387. The van der Waals surface area contributed by atoms with Gasteiger partial charge in [0, 0.05) is 25.7 Å². The molecule has 0 radical (unpaired) electrons. The molecule has 0 aromatic heterocycles. The maximum Gasteiger partial charge on any atom is 0.289 e. The Morgan fingerprint density at radius 2 is 2.07 bits per heavy atom. The molecule has 0 saturated carbocycles. The molecule has 1 amide bonds. The van der Waals surface area contributed by atoms with Gasteiger partial charge in [0.2, 0.25) is 15.9 Å². The standard InChI is InChI=1S/C17H24N4O5S/c22-17(14-6-3-9-18-14)19-11-13-5-4-10-20(12-13)27(25,26)16-8-2-1-7-15(16)21(23)24/h1-2,7-8,13-14,18H,3-6,9-12H2,(H,19,22). The summed E-state index contributed by atoms with van der Waals surface area (Å²) in [5.41, 5.74) is -0.416. The summed E-state index contributed by atoms with van der Waals surface area (Å²) >= 11 is 0. The van der Waals surface area contributed by atoms with Gasteiger partial charge in [-0.1, -0.05) is 12.1 Å². The zero-order chi connectivity index (χ0) is 19.4. The fourth-order valence-corrected chi connectivity index (χ4v) is 5.37. The highest BCUT2D eigenvalue weighted by Crippen LogP contribution is 2.29. The third-order valence-electron chi connectivity index (χ3n) is 5.10. The SMILES string of the molecule is O=C(NCC1CCCN(S(=O)(=O)c2ccccc2[N+](=O)[O-])C1)C1CCCN1. The number of carbonyl (C=O) groups is 1. The largest absolute Gasteiger partial charge is 0.354 e. The van der Waals surface area contributed by atoms with E-state index in [2.05, 4.69) is 10.6 Å². The van der Waals surface area contributed by atoms with Gasteiger partial charge in [-0.3, -0.25) is 14.9 Å². The molecule has 2 unspecified atom stereocenters. The van der Waals surface area contributed by atoms with Gasteiger partial charge in [-0.2, -0.15) is 4.31 Å². The predicted molar refractivity (Wildman–Crippen MR) is 98.6 cm³/mol. The first-order valence-electron chi connectivity index (χ1n) is 9.14. The second-order valence-corrected chi connectivity index (χ2v) is 8.90. The summed E-state index contributed by atoms with van der Waals surface area (Å²) in [4.78, 5) is 22.4. The fourth-order valence-electron chi connectivity index (χ4n) is 3.65. The van der Waals surface area contributed by atoms with E-state index in [1.165, 1.54) is 28.6 Å². The van der Waals surface area contributed by atoms with Gasteiger partial charge in [0.15, 0.2) is 4.90 Å². The monoisotopic (exact) mass is 396 g/mol. The predicted octanol–water partition coefficient (Wildman–Crippen LogP) is 0.864. The number of hydrogen-bond donors (Lipinski definition) is 2. The van der Waals surface area contributed by atoms with Crippen LogP contribution in [0.5, 0.6) is 0 Å². The summed E-state index contributed by atoms with van der Waals surface area (Å²) in [5, 5.41) is 17.2. The first-order chi connectivity index (χ1) is 12.9. The van der Waals surface area contributed by atoms with Crippen LogP contribution in [0.4, 0.5) is 5.69 Å². The molecule has 2 N–H and O–H groups in total. The highest BCUT2D eigenvalue weighted by Gasteiger charge is 2.35. The normalized spacial score (nSPS) is 23.9. The van der Waals surface area contributed by atoms with Crippen molar-refractivity contribution < 1.29 is 18.1 Å². The van der Waals surface area contributed by atoms with E-state index < -0.39 is 20.6 Å². The highest BCUT2D eigenvalue weighted by molar-refractivity contribution is 7.89. The number of nitrogens with zero attached hydrogens (tertiary/aromatic N) is 2. The number of para-hydroxylation sites is 1. The number of benzene rings is 1. The molecule has 1 aromatic rings. The van der Waals surface area contributed by atoms with Gasteiger partial charge >= 0.3 is 0 Å². The van der Waals surface area contributed by atoms with Gasteiger partial charge in [0.05, 0.1) is 11.0 Å². The van der Waals surface area contributed by atoms with E-state index in [9.17, 15) is 23.3 Å². The van der Waals surface area contributed by atoms with E-state index in [1.54, 1.807) is 0 Å². The van der Waals surface area contributed by atoms with Crippen molar-refractivity contribution in [2.24, 2.45) is 5.92 Å². The first kappa shape index (κ1) is 19.7. The lowest BCUT2D eigenvalue weighted by Crippen LogP contribution is -2.46. The van der Waals surface area contributed by atoms with E-state index in [0.717, 1.165) is 25.8 Å². The molecular weight excluding hydrogens is 372 g/mol. The van der Waals surface area contributed by atoms with Crippen molar-refractivity contribution in [1.82, 2.24) is 14.9 Å². The zero-order valence-corrected chi connectivity index (χ0v) is 15.8. The zero-order valence-electron chi connectivity index (χ0n) is 15.0. The molecular formula is C17H24N4O5S. The van der Waals surface area contributed by atoms with Crippen molar-refractivity contribution in [2.45, 2.75) is 36.6 Å². The Hall–Kier alpha value is -2.04. The van der Waals surface area contributed by atoms with Crippen molar-refractivity contribution in [1.29, 1.82) is 0 Å². The van der Waals surface area contributed by atoms with Crippen LogP contribution < -0.4 is 10.6 Å². The molecule has 2 fully saturated rings. The number of amides is 1. The summed E-state index contributed by atoms with van der Waals surface area (Å²) in [7, 11) is -3.96. The van der Waals surface area contributed by atoms with Gasteiger partial charge in [-0.05, 0) is 44.2 Å². The molecule has 9 nitrogen and oxygen atoms in total. The molecule has 148 valence electrons. The van der Waals surface area contributed by atoms with E-state index in [0.29, 0.717) is 19.5 Å². The van der Waals surface area contributed by atoms with Crippen LogP contribution in [-0.4, -0.2) is 55.8 Å². The molecule has 2 aliphatic rings. The molecule has 0 bridgehead atoms. The number of nitro benzene ring substituents is 1. The van der Waals surface area contributed by atoms with Crippen LogP contribution in [0, 0.1) is 16.0 Å². The summed E-state index contributed by atoms with van der Waals surface area (Å²) in [6, 6.07) is 5.23. The minimum atomic E-state index is -3.96. The van der Waals surface area contributed by atoms with Crippen LogP contribution in [0.1, 0.15) is 25.7 Å². The van der Waals surface area contributed by atoms with Gasteiger partial charge in [-0.25, -0.2) is 8.42 Å². The Morgan fingerprint density at radius 1 is 1.30 bits per heavy atom. The minimum Gasteiger partial charge on any atom is -0.354 e. The number of nitro groups is 1. The number of rotatable bonds is 6. The van der Waals surface area contributed by atoms with E-state index in [4.69, 9.17) is 0 Å². The molecule has 3 rings (SSSR count). The van der Waals surface area contributed by atoms with Crippen molar-refractivity contribution in [3.63, 3.8) is 0 Å². The van der Waals surface area contributed by atoms with Gasteiger partial charge < -0.3 is 10.6 Å². The second-order valence-electron chi connectivity index (χ2n) is 6.99. The molecule has 0 spiro atoms. The van der Waals surface area contributed by atoms with Crippen LogP contribution in [0.15, 0.2) is 29.2 Å². The molecule has 2 heterocycles. The Balaban J connectivity index is 1.66. The van der Waals surface area contributed by atoms with Crippen LogP contribution in [0.2, 0.25) is 0 Å². The molecule has 2 saturated heterocycles. The smallest absolute Gasteiger partial charge is 0.289 e. The Kier molecular flexibility index (Phi) is 6.08. The van der Waals surface area contributed by atoms with Crippen LogP contribution in [-0.2, 0) is 14.8 Å². The van der Waals surface area contributed by atoms with Crippen LogP contribution in [0.25, 0.3) is 0 Å². The number of sulfonamides is 1. The molecule has 2 aliphatic heterocycles.